The minimum absolute atomic E-state index is 0.111. The predicted octanol–water partition coefficient (Wildman–Crippen LogP) is 2.63. The maximum atomic E-state index is 9.92. The summed E-state index contributed by atoms with van der Waals surface area (Å²) in [5.74, 6) is 2.79. The number of aromatic nitrogens is 2. The van der Waals surface area contributed by atoms with Crippen molar-refractivity contribution in [1.29, 1.82) is 0 Å². The van der Waals surface area contributed by atoms with Crippen LogP contribution in [0.2, 0.25) is 0 Å². The van der Waals surface area contributed by atoms with Crippen molar-refractivity contribution >= 4 is 11.6 Å². The lowest BCUT2D eigenvalue weighted by Crippen LogP contribution is -2.23. The lowest BCUT2D eigenvalue weighted by atomic mass is 9.96. The second-order valence-electron chi connectivity index (χ2n) is 6.63. The number of aliphatic hydroxyl groups is 1. The Morgan fingerprint density at radius 1 is 1.20 bits per heavy atom. The van der Waals surface area contributed by atoms with Gasteiger partial charge in [-0.1, -0.05) is 34.6 Å². The molecule has 3 N–H and O–H groups in total. The van der Waals surface area contributed by atoms with E-state index in [-0.39, 0.29) is 11.5 Å². The number of nitrogens with one attached hydrogen (secondary N) is 2. The number of rotatable bonds is 6. The Labute approximate surface area is 122 Å². The first kappa shape index (κ1) is 16.7. The van der Waals surface area contributed by atoms with Gasteiger partial charge in [0.05, 0.1) is 6.10 Å². The van der Waals surface area contributed by atoms with E-state index in [4.69, 9.17) is 0 Å². The lowest BCUT2D eigenvalue weighted by molar-refractivity contribution is 0.161. The number of aliphatic hydroxyl groups excluding tert-OH is 1. The van der Waals surface area contributed by atoms with Crippen LogP contribution in [0.4, 0.5) is 11.6 Å². The molecule has 0 bridgehead atoms. The summed E-state index contributed by atoms with van der Waals surface area (Å²) in [6.45, 7) is 11.0. The van der Waals surface area contributed by atoms with Gasteiger partial charge in [-0.3, -0.25) is 0 Å². The molecule has 0 aliphatic carbocycles. The smallest absolute Gasteiger partial charge is 0.138 e. The Hall–Kier alpha value is -1.36. The highest BCUT2D eigenvalue weighted by Crippen LogP contribution is 2.22. The monoisotopic (exact) mass is 280 g/mol. The van der Waals surface area contributed by atoms with Crippen molar-refractivity contribution in [2.24, 2.45) is 5.92 Å². The standard InChI is InChI=1S/C15H28N4O/c1-10(2)7-11(20)9-17-13-8-12(16-6)18-14(19-13)15(3,4)5/h8,10-11,20H,7,9H2,1-6H3,(H2,16,17,18,19). The number of anilines is 2. The maximum absolute atomic E-state index is 9.92. The molecule has 114 valence electrons. The summed E-state index contributed by atoms with van der Waals surface area (Å²) in [6, 6.07) is 1.86. The third-order valence-corrected chi connectivity index (χ3v) is 2.92. The van der Waals surface area contributed by atoms with Crippen molar-refractivity contribution in [3.63, 3.8) is 0 Å². The van der Waals surface area contributed by atoms with Gasteiger partial charge < -0.3 is 15.7 Å². The van der Waals surface area contributed by atoms with E-state index in [9.17, 15) is 5.11 Å². The number of hydrogen-bond donors (Lipinski definition) is 3. The number of hydrogen-bond acceptors (Lipinski definition) is 5. The van der Waals surface area contributed by atoms with Crippen LogP contribution >= 0.6 is 0 Å². The van der Waals surface area contributed by atoms with Gasteiger partial charge in [-0.25, -0.2) is 9.97 Å². The Morgan fingerprint density at radius 3 is 2.30 bits per heavy atom. The van der Waals surface area contributed by atoms with Gasteiger partial charge in [-0.2, -0.15) is 0 Å². The third kappa shape index (κ3) is 5.33. The lowest BCUT2D eigenvalue weighted by Gasteiger charge is -2.20. The quantitative estimate of drug-likeness (QED) is 0.747. The van der Waals surface area contributed by atoms with E-state index >= 15 is 0 Å². The van der Waals surface area contributed by atoms with Crippen LogP contribution in [0.15, 0.2) is 6.07 Å². The van der Waals surface area contributed by atoms with Crippen molar-refractivity contribution in [3.05, 3.63) is 11.9 Å². The van der Waals surface area contributed by atoms with Gasteiger partial charge in [0.1, 0.15) is 17.5 Å². The molecule has 0 aliphatic rings. The molecule has 1 rings (SSSR count). The van der Waals surface area contributed by atoms with Crippen molar-refractivity contribution in [2.75, 3.05) is 24.2 Å². The van der Waals surface area contributed by atoms with Crippen molar-refractivity contribution in [3.8, 4) is 0 Å². The predicted molar refractivity (Wildman–Crippen MR) is 84.2 cm³/mol. The summed E-state index contributed by atoms with van der Waals surface area (Å²) in [5, 5.41) is 16.2. The van der Waals surface area contributed by atoms with Crippen LogP contribution in [-0.2, 0) is 5.41 Å². The molecule has 0 aliphatic heterocycles. The molecule has 0 spiro atoms. The number of nitrogens with zero attached hydrogens (tertiary/aromatic N) is 2. The Bertz CT molecular complexity index is 426. The van der Waals surface area contributed by atoms with Gasteiger partial charge >= 0.3 is 0 Å². The van der Waals surface area contributed by atoms with E-state index in [0.29, 0.717) is 12.5 Å². The molecule has 1 unspecified atom stereocenters. The first-order chi connectivity index (χ1) is 9.22. The molecule has 1 aromatic heterocycles. The molecule has 1 atom stereocenters. The van der Waals surface area contributed by atoms with Crippen LogP contribution in [0, 0.1) is 5.92 Å². The van der Waals surface area contributed by atoms with E-state index in [1.165, 1.54) is 0 Å². The summed E-state index contributed by atoms with van der Waals surface area (Å²) < 4.78 is 0. The van der Waals surface area contributed by atoms with Gasteiger partial charge in [0, 0.05) is 25.1 Å². The Balaban J connectivity index is 2.79. The molecule has 0 amide bonds. The molecule has 0 saturated heterocycles. The second kappa shape index (κ2) is 6.88. The zero-order chi connectivity index (χ0) is 15.3. The average molecular weight is 280 g/mol. The highest BCUT2D eigenvalue weighted by molar-refractivity contribution is 5.47. The molecule has 20 heavy (non-hydrogen) atoms. The van der Waals surface area contributed by atoms with E-state index in [1.54, 1.807) is 0 Å². The van der Waals surface area contributed by atoms with E-state index in [0.717, 1.165) is 23.9 Å². The second-order valence-corrected chi connectivity index (χ2v) is 6.63. The summed E-state index contributed by atoms with van der Waals surface area (Å²) in [7, 11) is 1.84. The fourth-order valence-corrected chi connectivity index (χ4v) is 1.85. The Kier molecular flexibility index (Phi) is 5.74. The summed E-state index contributed by atoms with van der Waals surface area (Å²) in [6.07, 6.45) is 0.421. The normalized spacial score (nSPS) is 13.4. The molecule has 0 saturated carbocycles. The molecule has 0 aromatic carbocycles. The van der Waals surface area contributed by atoms with Gasteiger partial charge in [-0.05, 0) is 12.3 Å². The van der Waals surface area contributed by atoms with Gasteiger partial charge in [0.2, 0.25) is 0 Å². The summed E-state index contributed by atoms with van der Waals surface area (Å²) in [4.78, 5) is 9.00. The van der Waals surface area contributed by atoms with Gasteiger partial charge in [-0.15, -0.1) is 0 Å². The molecule has 5 heteroatoms. The van der Waals surface area contributed by atoms with E-state index in [1.807, 2.05) is 13.1 Å². The first-order valence-corrected chi connectivity index (χ1v) is 7.21. The highest BCUT2D eigenvalue weighted by atomic mass is 16.3. The van der Waals surface area contributed by atoms with Crippen LogP contribution in [0.1, 0.15) is 46.9 Å². The van der Waals surface area contributed by atoms with Crippen LogP contribution in [0.3, 0.4) is 0 Å². The van der Waals surface area contributed by atoms with Gasteiger partial charge in [0.15, 0.2) is 0 Å². The molecule has 1 heterocycles. The summed E-state index contributed by atoms with van der Waals surface area (Å²) >= 11 is 0. The van der Waals surface area contributed by atoms with Crippen molar-refractivity contribution in [1.82, 2.24) is 9.97 Å². The first-order valence-electron chi connectivity index (χ1n) is 7.21. The van der Waals surface area contributed by atoms with Crippen LogP contribution < -0.4 is 10.6 Å². The fourth-order valence-electron chi connectivity index (χ4n) is 1.85. The SMILES string of the molecule is CNc1cc(NCC(O)CC(C)C)nc(C(C)(C)C)n1. The zero-order valence-corrected chi connectivity index (χ0v) is 13.5. The van der Waals surface area contributed by atoms with Crippen LogP contribution in [0.5, 0.6) is 0 Å². The minimum atomic E-state index is -0.360. The van der Waals surface area contributed by atoms with Crippen LogP contribution in [0.25, 0.3) is 0 Å². The van der Waals surface area contributed by atoms with E-state index < -0.39 is 0 Å². The molecule has 1 aromatic rings. The molecule has 0 radical (unpaired) electrons. The zero-order valence-electron chi connectivity index (χ0n) is 13.5. The van der Waals surface area contributed by atoms with Crippen LogP contribution in [-0.4, -0.2) is 34.8 Å². The molecular formula is C15H28N4O. The maximum Gasteiger partial charge on any atom is 0.138 e. The minimum Gasteiger partial charge on any atom is -0.391 e. The van der Waals surface area contributed by atoms with Crippen molar-refractivity contribution < 1.29 is 5.11 Å². The average Bonchev–Trinajstić information content (AvgIpc) is 2.34. The Morgan fingerprint density at radius 2 is 1.80 bits per heavy atom. The largest absolute Gasteiger partial charge is 0.391 e. The van der Waals surface area contributed by atoms with Crippen molar-refractivity contribution in [2.45, 2.75) is 52.6 Å². The topological polar surface area (TPSA) is 70.1 Å². The fraction of sp³-hybridized carbons (Fsp3) is 0.733. The van der Waals surface area contributed by atoms with Gasteiger partial charge in [0.25, 0.3) is 0 Å². The van der Waals surface area contributed by atoms with E-state index in [2.05, 4.69) is 55.2 Å². The summed E-state index contributed by atoms with van der Waals surface area (Å²) in [5.41, 5.74) is -0.111. The molecular weight excluding hydrogens is 252 g/mol. The highest BCUT2D eigenvalue weighted by Gasteiger charge is 2.19. The third-order valence-electron chi connectivity index (χ3n) is 2.92. The molecule has 5 nitrogen and oxygen atoms in total. The molecule has 0 fully saturated rings.